The van der Waals surface area contributed by atoms with Crippen molar-refractivity contribution in [3.8, 4) is 0 Å². The van der Waals surface area contributed by atoms with E-state index in [0.717, 1.165) is 18.6 Å². The fourth-order valence-electron chi connectivity index (χ4n) is 3.33. The molecule has 2 N–H and O–H groups in total. The van der Waals surface area contributed by atoms with E-state index < -0.39 is 17.7 Å². The Hall–Kier alpha value is -2.97. The van der Waals surface area contributed by atoms with E-state index in [2.05, 4.69) is 20.6 Å². The Morgan fingerprint density at radius 3 is 2.45 bits per heavy atom. The summed E-state index contributed by atoms with van der Waals surface area (Å²) in [6.45, 7) is 1.89. The molecule has 1 aliphatic carbocycles. The topological polar surface area (TPSA) is 84.0 Å². The van der Waals surface area contributed by atoms with Gasteiger partial charge in [-0.2, -0.15) is 13.2 Å². The number of hydrogen-bond acceptors (Lipinski definition) is 4. The van der Waals surface area contributed by atoms with Crippen molar-refractivity contribution in [3.63, 3.8) is 0 Å². The number of nitrogens with one attached hydrogen (secondary N) is 2. The number of halogens is 3. The molecule has 6 nitrogen and oxygen atoms in total. The molecule has 1 saturated carbocycles. The van der Waals surface area contributed by atoms with Crippen LogP contribution < -0.4 is 10.6 Å². The number of carbonyl (C=O) groups excluding carboxylic acids is 2. The van der Waals surface area contributed by atoms with Gasteiger partial charge in [-0.25, -0.2) is 4.98 Å². The molecule has 9 heteroatoms. The first-order chi connectivity index (χ1) is 13.7. The van der Waals surface area contributed by atoms with Crippen LogP contribution in [0.15, 0.2) is 36.7 Å². The highest BCUT2D eigenvalue weighted by molar-refractivity contribution is 5.92. The molecule has 0 unspecified atom stereocenters. The van der Waals surface area contributed by atoms with Gasteiger partial charge in [-0.3, -0.25) is 14.6 Å². The second kappa shape index (κ2) is 8.59. The maximum Gasteiger partial charge on any atom is 0.416 e. The monoisotopic (exact) mass is 406 g/mol. The molecule has 0 radical (unpaired) electrons. The zero-order valence-electron chi connectivity index (χ0n) is 15.8. The SMILES string of the molecule is Cc1cnc(C(=O)N[C@@H]2CCC[C@@H]2C(=O)NCc2ccc(C(F)(F)F)cc2)cn1. The molecule has 1 fully saturated rings. The highest BCUT2D eigenvalue weighted by Gasteiger charge is 2.34. The van der Waals surface area contributed by atoms with Crippen LogP contribution in [0.5, 0.6) is 0 Å². The second-order valence-electron chi connectivity index (χ2n) is 7.07. The molecule has 1 aromatic carbocycles. The molecule has 2 amide bonds. The van der Waals surface area contributed by atoms with E-state index in [0.29, 0.717) is 24.1 Å². The standard InChI is InChI=1S/C20H21F3N4O2/c1-12-9-25-17(11-24-12)19(29)27-16-4-2-3-15(16)18(28)26-10-13-5-7-14(8-6-13)20(21,22)23/h5-9,11,15-16H,2-4,10H2,1H3,(H,26,28)(H,27,29)/t15-,16+/m0/s1. The summed E-state index contributed by atoms with van der Waals surface area (Å²) in [6.07, 6.45) is 0.589. The molecule has 2 atom stereocenters. The minimum atomic E-state index is -4.39. The summed E-state index contributed by atoms with van der Waals surface area (Å²) in [6, 6.07) is 4.34. The number of alkyl halides is 3. The number of carbonyl (C=O) groups is 2. The third-order valence-electron chi connectivity index (χ3n) is 4.93. The fourth-order valence-corrected chi connectivity index (χ4v) is 3.33. The lowest BCUT2D eigenvalue weighted by molar-refractivity contribution is -0.137. The van der Waals surface area contributed by atoms with Gasteiger partial charge < -0.3 is 10.6 Å². The van der Waals surface area contributed by atoms with Gasteiger partial charge in [0.2, 0.25) is 5.91 Å². The lowest BCUT2D eigenvalue weighted by Gasteiger charge is -2.20. The maximum atomic E-state index is 12.6. The predicted octanol–water partition coefficient (Wildman–Crippen LogP) is 3.02. The summed E-state index contributed by atoms with van der Waals surface area (Å²) in [5.74, 6) is -1.01. The normalized spacial score (nSPS) is 19.0. The number of hydrogen-bond donors (Lipinski definition) is 2. The molecule has 1 aliphatic rings. The molecule has 0 aliphatic heterocycles. The van der Waals surface area contributed by atoms with Crippen LogP contribution in [0.1, 0.15) is 46.6 Å². The van der Waals surface area contributed by atoms with E-state index >= 15 is 0 Å². The van der Waals surface area contributed by atoms with Crippen LogP contribution in [-0.4, -0.2) is 27.8 Å². The van der Waals surface area contributed by atoms with Crippen LogP contribution in [0.25, 0.3) is 0 Å². The number of nitrogens with zero attached hydrogens (tertiary/aromatic N) is 2. The number of aromatic nitrogens is 2. The summed E-state index contributed by atoms with van der Waals surface area (Å²) in [7, 11) is 0. The van der Waals surface area contributed by atoms with Gasteiger partial charge >= 0.3 is 6.18 Å². The minimum absolute atomic E-state index is 0.123. The fraction of sp³-hybridized carbons (Fsp3) is 0.400. The first kappa shape index (κ1) is 20.8. The Balaban J connectivity index is 1.55. The van der Waals surface area contributed by atoms with Crippen molar-refractivity contribution < 1.29 is 22.8 Å². The zero-order valence-corrected chi connectivity index (χ0v) is 15.8. The van der Waals surface area contributed by atoms with Crippen molar-refractivity contribution in [2.75, 3.05) is 0 Å². The smallest absolute Gasteiger partial charge is 0.352 e. The summed E-state index contributed by atoms with van der Waals surface area (Å²) in [4.78, 5) is 33.0. The predicted molar refractivity (Wildman–Crippen MR) is 98.7 cm³/mol. The molecule has 154 valence electrons. The van der Waals surface area contributed by atoms with Crippen molar-refractivity contribution in [1.29, 1.82) is 0 Å². The Morgan fingerprint density at radius 2 is 1.83 bits per heavy atom. The Bertz CT molecular complexity index is 867. The van der Waals surface area contributed by atoms with E-state index in [4.69, 9.17) is 0 Å². The number of benzene rings is 1. The van der Waals surface area contributed by atoms with Gasteiger partial charge in [0.05, 0.1) is 23.4 Å². The van der Waals surface area contributed by atoms with Gasteiger partial charge in [0.1, 0.15) is 5.69 Å². The molecular weight excluding hydrogens is 385 g/mol. The molecule has 0 spiro atoms. The van der Waals surface area contributed by atoms with Gasteiger partial charge in [-0.05, 0) is 37.5 Å². The van der Waals surface area contributed by atoms with Crippen LogP contribution >= 0.6 is 0 Å². The van der Waals surface area contributed by atoms with E-state index in [1.165, 1.54) is 24.5 Å². The Morgan fingerprint density at radius 1 is 1.10 bits per heavy atom. The molecule has 0 bridgehead atoms. The number of aryl methyl sites for hydroxylation is 1. The summed E-state index contributed by atoms with van der Waals surface area (Å²) < 4.78 is 37.8. The minimum Gasteiger partial charge on any atom is -0.352 e. The van der Waals surface area contributed by atoms with Crippen LogP contribution in [0, 0.1) is 12.8 Å². The van der Waals surface area contributed by atoms with E-state index in [9.17, 15) is 22.8 Å². The third-order valence-corrected chi connectivity index (χ3v) is 4.93. The molecular formula is C20H21F3N4O2. The molecule has 3 rings (SSSR count). The molecule has 1 heterocycles. The van der Waals surface area contributed by atoms with Crippen molar-refractivity contribution in [2.45, 2.75) is 44.9 Å². The zero-order chi connectivity index (χ0) is 21.0. The van der Waals surface area contributed by atoms with Gasteiger partial charge in [0.15, 0.2) is 0 Å². The van der Waals surface area contributed by atoms with Crippen molar-refractivity contribution in [1.82, 2.24) is 20.6 Å². The van der Waals surface area contributed by atoms with Gasteiger partial charge in [0.25, 0.3) is 5.91 Å². The molecule has 29 heavy (non-hydrogen) atoms. The van der Waals surface area contributed by atoms with Gasteiger partial charge in [0, 0.05) is 18.8 Å². The molecule has 1 aromatic heterocycles. The molecule has 0 saturated heterocycles. The van der Waals surface area contributed by atoms with Crippen LogP contribution in [0.2, 0.25) is 0 Å². The second-order valence-corrected chi connectivity index (χ2v) is 7.07. The lowest BCUT2D eigenvalue weighted by atomic mass is 10.0. The number of rotatable bonds is 5. The first-order valence-corrected chi connectivity index (χ1v) is 9.27. The number of amides is 2. The highest BCUT2D eigenvalue weighted by atomic mass is 19.4. The average Bonchev–Trinajstić information content (AvgIpc) is 3.14. The van der Waals surface area contributed by atoms with Crippen LogP contribution in [-0.2, 0) is 17.5 Å². The van der Waals surface area contributed by atoms with E-state index in [1.54, 1.807) is 6.92 Å². The van der Waals surface area contributed by atoms with E-state index in [1.807, 2.05) is 0 Å². The van der Waals surface area contributed by atoms with Crippen LogP contribution in [0.3, 0.4) is 0 Å². The van der Waals surface area contributed by atoms with Crippen LogP contribution in [0.4, 0.5) is 13.2 Å². The largest absolute Gasteiger partial charge is 0.416 e. The average molecular weight is 406 g/mol. The van der Waals surface area contributed by atoms with Gasteiger partial charge in [-0.15, -0.1) is 0 Å². The van der Waals surface area contributed by atoms with Gasteiger partial charge in [-0.1, -0.05) is 18.6 Å². The highest BCUT2D eigenvalue weighted by Crippen LogP contribution is 2.29. The van der Waals surface area contributed by atoms with Crippen molar-refractivity contribution >= 4 is 11.8 Å². The Labute approximate surface area is 165 Å². The quantitative estimate of drug-likeness (QED) is 0.800. The van der Waals surface area contributed by atoms with Crippen molar-refractivity contribution in [3.05, 3.63) is 59.2 Å². The lowest BCUT2D eigenvalue weighted by Crippen LogP contribution is -2.44. The summed E-state index contributed by atoms with van der Waals surface area (Å²) in [5, 5.41) is 5.59. The maximum absolute atomic E-state index is 12.6. The van der Waals surface area contributed by atoms with Crippen molar-refractivity contribution in [2.24, 2.45) is 5.92 Å². The third kappa shape index (κ3) is 5.30. The summed E-state index contributed by atoms with van der Waals surface area (Å²) in [5.41, 5.74) is 0.722. The van der Waals surface area contributed by atoms with E-state index in [-0.39, 0.29) is 30.1 Å². The first-order valence-electron chi connectivity index (χ1n) is 9.27. The Kier molecular flexibility index (Phi) is 6.14. The molecule has 2 aromatic rings. The summed E-state index contributed by atoms with van der Waals surface area (Å²) >= 11 is 0.